The predicted octanol–water partition coefficient (Wildman–Crippen LogP) is 3.91. The number of ketones is 1. The molecule has 1 aliphatic rings. The molecule has 0 saturated carbocycles. The van der Waals surface area contributed by atoms with Gasteiger partial charge in [0.15, 0.2) is 5.78 Å². The summed E-state index contributed by atoms with van der Waals surface area (Å²) in [7, 11) is 0. The maximum Gasteiger partial charge on any atom is 0.251 e. The van der Waals surface area contributed by atoms with Gasteiger partial charge in [-0.3, -0.25) is 9.59 Å². The molecule has 3 heteroatoms. The molecule has 0 radical (unpaired) electrons. The Hall–Kier alpha value is -1.64. The maximum absolute atomic E-state index is 12.2. The van der Waals surface area contributed by atoms with Gasteiger partial charge in [-0.25, -0.2) is 0 Å². The molecule has 3 nitrogen and oxygen atoms in total. The number of rotatable bonds is 7. The fourth-order valence-corrected chi connectivity index (χ4v) is 2.79. The summed E-state index contributed by atoms with van der Waals surface area (Å²) < 4.78 is 0. The summed E-state index contributed by atoms with van der Waals surface area (Å²) in [5, 5.41) is 2.88. The molecular formula is C18H25NO2. The first-order valence-electron chi connectivity index (χ1n) is 8.16. The number of carbonyl (C=O) groups is 2. The minimum Gasteiger partial charge on any atom is -0.352 e. The summed E-state index contributed by atoms with van der Waals surface area (Å²) in [6, 6.07) is 5.61. The van der Waals surface area contributed by atoms with E-state index < -0.39 is 0 Å². The molecule has 0 atom stereocenters. The minimum atomic E-state index is -0.0416. The van der Waals surface area contributed by atoms with Gasteiger partial charge in [0.05, 0.1) is 0 Å². The maximum atomic E-state index is 12.2. The van der Waals surface area contributed by atoms with Gasteiger partial charge in [-0.05, 0) is 30.9 Å². The third kappa shape index (κ3) is 4.42. The first-order chi connectivity index (χ1) is 10.2. The highest BCUT2D eigenvalue weighted by Crippen LogP contribution is 2.18. The van der Waals surface area contributed by atoms with Crippen molar-refractivity contribution in [3.8, 4) is 0 Å². The lowest BCUT2D eigenvalue weighted by atomic mass is 9.97. The van der Waals surface area contributed by atoms with Gasteiger partial charge >= 0.3 is 0 Å². The molecule has 0 unspecified atom stereocenters. The van der Waals surface area contributed by atoms with Crippen LogP contribution in [0.3, 0.4) is 0 Å². The van der Waals surface area contributed by atoms with E-state index in [2.05, 4.69) is 12.2 Å². The predicted molar refractivity (Wildman–Crippen MR) is 84.8 cm³/mol. The van der Waals surface area contributed by atoms with Crippen LogP contribution in [0, 0.1) is 0 Å². The normalized spacial score (nSPS) is 14.2. The standard InChI is InChI=1S/C18H25NO2/c1-2-3-4-5-6-9-17(20)15-11-10-14-8-7-12-19-18(21)16(14)13-15/h10-11,13H,2-9,12H2,1H3,(H,19,21). The number of nitrogens with one attached hydrogen (secondary N) is 1. The quantitative estimate of drug-likeness (QED) is 0.610. The summed E-state index contributed by atoms with van der Waals surface area (Å²) in [6.45, 7) is 2.90. The van der Waals surface area contributed by atoms with Crippen molar-refractivity contribution < 1.29 is 9.59 Å². The monoisotopic (exact) mass is 287 g/mol. The molecular weight excluding hydrogens is 262 g/mol. The van der Waals surface area contributed by atoms with Gasteiger partial charge in [-0.1, -0.05) is 44.7 Å². The molecule has 0 fully saturated rings. The zero-order valence-electron chi connectivity index (χ0n) is 12.9. The SMILES string of the molecule is CCCCCCCC(=O)c1ccc2c(c1)C(=O)NCCC2. The molecule has 1 amide bonds. The fraction of sp³-hybridized carbons (Fsp3) is 0.556. The van der Waals surface area contributed by atoms with Gasteiger partial charge in [-0.15, -0.1) is 0 Å². The van der Waals surface area contributed by atoms with Crippen LogP contribution in [0.5, 0.6) is 0 Å². The molecule has 2 rings (SSSR count). The number of hydrogen-bond donors (Lipinski definition) is 1. The Balaban J connectivity index is 1.97. The molecule has 1 aromatic carbocycles. The summed E-state index contributed by atoms with van der Waals surface area (Å²) >= 11 is 0. The Labute approximate surface area is 127 Å². The minimum absolute atomic E-state index is 0.0416. The number of carbonyl (C=O) groups excluding carboxylic acids is 2. The van der Waals surface area contributed by atoms with Gasteiger partial charge in [0, 0.05) is 24.1 Å². The van der Waals surface area contributed by atoms with Crippen LogP contribution in [0.4, 0.5) is 0 Å². The Morgan fingerprint density at radius 2 is 2.00 bits per heavy atom. The molecule has 0 spiro atoms. The number of amides is 1. The molecule has 21 heavy (non-hydrogen) atoms. The van der Waals surface area contributed by atoms with Crippen LogP contribution in [0.2, 0.25) is 0 Å². The Morgan fingerprint density at radius 1 is 1.19 bits per heavy atom. The first kappa shape index (κ1) is 15.7. The molecule has 0 saturated heterocycles. The van der Waals surface area contributed by atoms with Gasteiger partial charge < -0.3 is 5.32 Å². The fourth-order valence-electron chi connectivity index (χ4n) is 2.79. The molecule has 114 valence electrons. The zero-order chi connectivity index (χ0) is 15.1. The van der Waals surface area contributed by atoms with Gasteiger partial charge in [-0.2, -0.15) is 0 Å². The largest absolute Gasteiger partial charge is 0.352 e. The summed E-state index contributed by atoms with van der Waals surface area (Å²) in [5.74, 6) is 0.117. The van der Waals surface area contributed by atoms with Crippen LogP contribution < -0.4 is 5.32 Å². The van der Waals surface area contributed by atoms with Crippen molar-refractivity contribution >= 4 is 11.7 Å². The van der Waals surface area contributed by atoms with E-state index in [1.807, 2.05) is 12.1 Å². The van der Waals surface area contributed by atoms with E-state index in [-0.39, 0.29) is 11.7 Å². The van der Waals surface area contributed by atoms with Crippen molar-refractivity contribution in [2.45, 2.75) is 58.3 Å². The summed E-state index contributed by atoms with van der Waals surface area (Å²) in [5.41, 5.74) is 2.43. The smallest absolute Gasteiger partial charge is 0.251 e. The molecule has 1 aliphatic heterocycles. The Kier molecular flexibility index (Phi) is 5.97. The number of Topliss-reactive ketones (excluding diaryl/α,β-unsaturated/α-hetero) is 1. The Bertz CT molecular complexity index is 508. The van der Waals surface area contributed by atoms with Crippen LogP contribution in [-0.4, -0.2) is 18.2 Å². The number of unbranched alkanes of at least 4 members (excludes halogenated alkanes) is 4. The van der Waals surface area contributed by atoms with E-state index in [0.717, 1.165) is 31.2 Å². The van der Waals surface area contributed by atoms with Crippen molar-refractivity contribution in [2.24, 2.45) is 0 Å². The average Bonchev–Trinajstić information content (AvgIpc) is 2.68. The molecule has 0 bridgehead atoms. The van der Waals surface area contributed by atoms with Crippen LogP contribution in [0.1, 0.15) is 78.1 Å². The first-order valence-corrected chi connectivity index (χ1v) is 8.16. The van der Waals surface area contributed by atoms with E-state index in [0.29, 0.717) is 24.1 Å². The van der Waals surface area contributed by atoms with Crippen molar-refractivity contribution in [3.63, 3.8) is 0 Å². The zero-order valence-corrected chi connectivity index (χ0v) is 12.9. The van der Waals surface area contributed by atoms with E-state index >= 15 is 0 Å². The van der Waals surface area contributed by atoms with Crippen molar-refractivity contribution in [1.29, 1.82) is 0 Å². The van der Waals surface area contributed by atoms with E-state index in [9.17, 15) is 9.59 Å². The lowest BCUT2D eigenvalue weighted by Gasteiger charge is -2.07. The highest BCUT2D eigenvalue weighted by atomic mass is 16.1. The topological polar surface area (TPSA) is 46.2 Å². The third-order valence-electron chi connectivity index (χ3n) is 4.09. The highest BCUT2D eigenvalue weighted by Gasteiger charge is 2.17. The molecule has 1 N–H and O–H groups in total. The summed E-state index contributed by atoms with van der Waals surface area (Å²) in [4.78, 5) is 24.2. The lowest BCUT2D eigenvalue weighted by molar-refractivity contribution is 0.0956. The van der Waals surface area contributed by atoms with Gasteiger partial charge in [0.2, 0.25) is 0 Å². The second-order valence-corrected chi connectivity index (χ2v) is 5.82. The number of aryl methyl sites for hydroxylation is 1. The highest BCUT2D eigenvalue weighted by molar-refractivity contribution is 6.01. The van der Waals surface area contributed by atoms with E-state index in [1.165, 1.54) is 19.3 Å². The Morgan fingerprint density at radius 3 is 2.81 bits per heavy atom. The third-order valence-corrected chi connectivity index (χ3v) is 4.09. The van der Waals surface area contributed by atoms with Crippen LogP contribution in [0.25, 0.3) is 0 Å². The number of hydrogen-bond acceptors (Lipinski definition) is 2. The molecule has 0 aromatic heterocycles. The molecule has 1 heterocycles. The molecule has 0 aliphatic carbocycles. The van der Waals surface area contributed by atoms with Crippen molar-refractivity contribution in [3.05, 3.63) is 34.9 Å². The summed E-state index contributed by atoms with van der Waals surface area (Å²) in [6.07, 6.45) is 8.18. The average molecular weight is 287 g/mol. The van der Waals surface area contributed by atoms with E-state index in [4.69, 9.17) is 0 Å². The van der Waals surface area contributed by atoms with Crippen LogP contribution >= 0.6 is 0 Å². The van der Waals surface area contributed by atoms with Gasteiger partial charge in [0.1, 0.15) is 0 Å². The number of benzene rings is 1. The van der Waals surface area contributed by atoms with Crippen molar-refractivity contribution in [2.75, 3.05) is 6.54 Å². The lowest BCUT2D eigenvalue weighted by Crippen LogP contribution is -2.22. The van der Waals surface area contributed by atoms with Crippen LogP contribution in [0.15, 0.2) is 18.2 Å². The molecule has 1 aromatic rings. The number of fused-ring (bicyclic) bond motifs is 1. The van der Waals surface area contributed by atoms with E-state index in [1.54, 1.807) is 6.07 Å². The van der Waals surface area contributed by atoms with Crippen LogP contribution in [-0.2, 0) is 6.42 Å². The second kappa shape index (κ2) is 7.96. The second-order valence-electron chi connectivity index (χ2n) is 5.82. The van der Waals surface area contributed by atoms with Gasteiger partial charge in [0.25, 0.3) is 5.91 Å². The van der Waals surface area contributed by atoms with Crippen molar-refractivity contribution in [1.82, 2.24) is 5.32 Å².